The van der Waals surface area contributed by atoms with Crippen molar-refractivity contribution in [2.75, 3.05) is 12.4 Å². The summed E-state index contributed by atoms with van der Waals surface area (Å²) in [6, 6.07) is 14.4. The number of anilines is 1. The Morgan fingerprint density at radius 2 is 1.88 bits per heavy atom. The first kappa shape index (κ1) is 16.3. The van der Waals surface area contributed by atoms with E-state index >= 15 is 0 Å². The minimum Gasteiger partial charge on any atom is -0.465 e. The summed E-state index contributed by atoms with van der Waals surface area (Å²) in [7, 11) is 1.33. The van der Waals surface area contributed by atoms with Crippen LogP contribution in [0.4, 0.5) is 5.69 Å². The molecular weight excluding hydrogens is 372 g/mol. The summed E-state index contributed by atoms with van der Waals surface area (Å²) in [4.78, 5) is 23.6. The molecule has 0 bridgehead atoms. The number of aromatic nitrogens is 1. The summed E-state index contributed by atoms with van der Waals surface area (Å²) >= 11 is 3.50. The van der Waals surface area contributed by atoms with Crippen LogP contribution in [0.5, 0.6) is 0 Å². The van der Waals surface area contributed by atoms with Crippen LogP contribution in [-0.2, 0) is 16.1 Å². The molecule has 0 fully saturated rings. The SMILES string of the molecule is COC(=O)c1ccc(NC(=O)Cn2ccc3c(Br)cccc32)cc1. The summed E-state index contributed by atoms with van der Waals surface area (Å²) in [5.41, 5.74) is 2.06. The van der Waals surface area contributed by atoms with Gasteiger partial charge in [-0.25, -0.2) is 4.79 Å². The van der Waals surface area contributed by atoms with Gasteiger partial charge in [-0.2, -0.15) is 0 Å². The van der Waals surface area contributed by atoms with Crippen molar-refractivity contribution in [2.24, 2.45) is 0 Å². The molecule has 0 unspecified atom stereocenters. The molecule has 3 aromatic rings. The molecule has 1 heterocycles. The van der Waals surface area contributed by atoms with Crippen molar-refractivity contribution in [2.45, 2.75) is 6.54 Å². The summed E-state index contributed by atoms with van der Waals surface area (Å²) in [5.74, 6) is -0.546. The highest BCUT2D eigenvalue weighted by Gasteiger charge is 2.09. The van der Waals surface area contributed by atoms with E-state index in [4.69, 9.17) is 0 Å². The Morgan fingerprint density at radius 3 is 2.58 bits per heavy atom. The van der Waals surface area contributed by atoms with E-state index in [-0.39, 0.29) is 12.5 Å². The molecule has 122 valence electrons. The van der Waals surface area contributed by atoms with Gasteiger partial charge in [-0.05, 0) is 42.5 Å². The van der Waals surface area contributed by atoms with Gasteiger partial charge in [0.1, 0.15) is 6.54 Å². The first-order chi connectivity index (χ1) is 11.6. The molecule has 24 heavy (non-hydrogen) atoms. The first-order valence-corrected chi connectivity index (χ1v) is 8.09. The normalized spacial score (nSPS) is 10.6. The lowest BCUT2D eigenvalue weighted by Gasteiger charge is -2.08. The molecule has 0 aliphatic rings. The Morgan fingerprint density at radius 1 is 1.12 bits per heavy atom. The lowest BCUT2D eigenvalue weighted by atomic mass is 10.2. The molecule has 5 nitrogen and oxygen atoms in total. The molecule has 0 saturated carbocycles. The lowest BCUT2D eigenvalue weighted by molar-refractivity contribution is -0.116. The molecular formula is C18H15BrN2O3. The number of nitrogens with zero attached hydrogens (tertiary/aromatic N) is 1. The van der Waals surface area contributed by atoms with Gasteiger partial charge in [-0.3, -0.25) is 4.79 Å². The van der Waals surface area contributed by atoms with E-state index < -0.39 is 5.97 Å². The average molecular weight is 387 g/mol. The number of rotatable bonds is 4. The Hall–Kier alpha value is -2.60. The van der Waals surface area contributed by atoms with Gasteiger partial charge < -0.3 is 14.6 Å². The van der Waals surface area contributed by atoms with Crippen molar-refractivity contribution in [1.82, 2.24) is 4.57 Å². The van der Waals surface area contributed by atoms with E-state index in [0.29, 0.717) is 11.3 Å². The van der Waals surface area contributed by atoms with E-state index in [1.807, 2.05) is 35.0 Å². The van der Waals surface area contributed by atoms with Crippen molar-refractivity contribution in [1.29, 1.82) is 0 Å². The summed E-state index contributed by atoms with van der Waals surface area (Å²) in [6.45, 7) is 0.207. The van der Waals surface area contributed by atoms with Crippen LogP contribution in [-0.4, -0.2) is 23.6 Å². The van der Waals surface area contributed by atoms with E-state index in [9.17, 15) is 9.59 Å². The minimum atomic E-state index is -0.405. The number of esters is 1. The number of fused-ring (bicyclic) bond motifs is 1. The van der Waals surface area contributed by atoms with Gasteiger partial charge in [-0.15, -0.1) is 0 Å². The Labute approximate surface area is 147 Å². The quantitative estimate of drug-likeness (QED) is 0.693. The molecule has 2 aromatic carbocycles. The first-order valence-electron chi connectivity index (χ1n) is 7.30. The van der Waals surface area contributed by atoms with Gasteiger partial charge in [0.25, 0.3) is 0 Å². The van der Waals surface area contributed by atoms with Gasteiger partial charge >= 0.3 is 5.97 Å². The number of hydrogen-bond donors (Lipinski definition) is 1. The highest BCUT2D eigenvalue weighted by Crippen LogP contribution is 2.24. The molecule has 1 amide bonds. The van der Waals surface area contributed by atoms with Crippen LogP contribution in [0.1, 0.15) is 10.4 Å². The third kappa shape index (κ3) is 3.33. The van der Waals surface area contributed by atoms with Crippen molar-refractivity contribution in [3.8, 4) is 0 Å². The van der Waals surface area contributed by atoms with E-state index in [1.165, 1.54) is 7.11 Å². The molecule has 0 radical (unpaired) electrons. The van der Waals surface area contributed by atoms with E-state index in [1.54, 1.807) is 24.3 Å². The molecule has 0 aliphatic carbocycles. The zero-order chi connectivity index (χ0) is 17.1. The maximum absolute atomic E-state index is 12.2. The zero-order valence-corrected chi connectivity index (χ0v) is 14.5. The van der Waals surface area contributed by atoms with Crippen LogP contribution in [0.2, 0.25) is 0 Å². The maximum Gasteiger partial charge on any atom is 0.337 e. The topological polar surface area (TPSA) is 60.3 Å². The predicted octanol–water partition coefficient (Wildman–Crippen LogP) is 3.83. The second kappa shape index (κ2) is 6.88. The third-order valence-electron chi connectivity index (χ3n) is 3.66. The maximum atomic E-state index is 12.2. The van der Waals surface area contributed by atoms with Crippen molar-refractivity contribution >= 4 is 44.4 Å². The number of hydrogen-bond acceptors (Lipinski definition) is 3. The Kier molecular flexibility index (Phi) is 4.66. The number of ether oxygens (including phenoxy) is 1. The van der Waals surface area contributed by atoms with Gasteiger partial charge in [-0.1, -0.05) is 22.0 Å². The molecule has 0 aliphatic heterocycles. The Bertz CT molecular complexity index is 900. The van der Waals surface area contributed by atoms with Crippen molar-refractivity contribution in [3.63, 3.8) is 0 Å². The van der Waals surface area contributed by atoms with E-state index in [0.717, 1.165) is 15.4 Å². The minimum absolute atomic E-state index is 0.140. The van der Waals surface area contributed by atoms with Gasteiger partial charge in [0.05, 0.1) is 12.7 Å². The summed E-state index contributed by atoms with van der Waals surface area (Å²) in [5, 5.41) is 3.88. The van der Waals surface area contributed by atoms with Crippen LogP contribution in [0, 0.1) is 0 Å². The van der Waals surface area contributed by atoms with Crippen LogP contribution >= 0.6 is 15.9 Å². The molecule has 0 saturated heterocycles. The largest absolute Gasteiger partial charge is 0.465 e. The second-order valence-electron chi connectivity index (χ2n) is 5.23. The standard InChI is InChI=1S/C18H15BrN2O3/c1-24-18(23)12-5-7-13(8-6-12)20-17(22)11-21-10-9-14-15(19)3-2-4-16(14)21/h2-10H,11H2,1H3,(H,20,22). The Balaban J connectivity index is 1.71. The predicted molar refractivity (Wildman–Crippen MR) is 96.0 cm³/mol. The lowest BCUT2D eigenvalue weighted by Crippen LogP contribution is -2.18. The fourth-order valence-electron chi connectivity index (χ4n) is 2.49. The van der Waals surface area contributed by atoms with Gasteiger partial charge in [0.15, 0.2) is 0 Å². The fraction of sp³-hybridized carbons (Fsp3) is 0.111. The zero-order valence-electron chi connectivity index (χ0n) is 13.0. The van der Waals surface area contributed by atoms with Crippen LogP contribution in [0.15, 0.2) is 59.2 Å². The molecule has 0 atom stereocenters. The molecule has 1 aromatic heterocycles. The van der Waals surface area contributed by atoms with Crippen molar-refractivity contribution in [3.05, 3.63) is 64.8 Å². The van der Waals surface area contributed by atoms with Crippen LogP contribution < -0.4 is 5.32 Å². The highest BCUT2D eigenvalue weighted by molar-refractivity contribution is 9.10. The van der Waals surface area contributed by atoms with Crippen LogP contribution in [0.3, 0.4) is 0 Å². The number of halogens is 1. The number of amides is 1. The molecule has 3 rings (SSSR count). The smallest absolute Gasteiger partial charge is 0.337 e. The average Bonchev–Trinajstić information content (AvgIpc) is 2.99. The fourth-order valence-corrected chi connectivity index (χ4v) is 2.97. The van der Waals surface area contributed by atoms with Crippen LogP contribution in [0.25, 0.3) is 10.9 Å². The molecule has 1 N–H and O–H groups in total. The summed E-state index contributed by atoms with van der Waals surface area (Å²) in [6.07, 6.45) is 1.88. The van der Waals surface area contributed by atoms with E-state index in [2.05, 4.69) is 26.0 Å². The number of benzene rings is 2. The molecule has 0 spiro atoms. The molecule has 6 heteroatoms. The summed E-state index contributed by atoms with van der Waals surface area (Å²) < 4.78 is 7.53. The number of nitrogens with one attached hydrogen (secondary N) is 1. The van der Waals surface area contributed by atoms with Gasteiger partial charge in [0, 0.05) is 27.3 Å². The van der Waals surface area contributed by atoms with Gasteiger partial charge in [0.2, 0.25) is 5.91 Å². The number of carbonyl (C=O) groups excluding carboxylic acids is 2. The number of carbonyl (C=O) groups is 2. The highest BCUT2D eigenvalue weighted by atomic mass is 79.9. The second-order valence-corrected chi connectivity index (χ2v) is 6.09. The van der Waals surface area contributed by atoms with Crippen molar-refractivity contribution < 1.29 is 14.3 Å². The number of methoxy groups -OCH3 is 1. The monoisotopic (exact) mass is 386 g/mol. The third-order valence-corrected chi connectivity index (χ3v) is 4.36.